The molecular weight excluding hydrogens is 238 g/mol. The molecule has 0 radical (unpaired) electrons. The van der Waals surface area contributed by atoms with E-state index in [4.69, 9.17) is 11.6 Å². The largest absolute Gasteiger partial charge is 0.361 e. The summed E-state index contributed by atoms with van der Waals surface area (Å²) in [6.07, 6.45) is 0. The zero-order valence-corrected chi connectivity index (χ0v) is 10.3. The first-order valence-electron chi connectivity index (χ1n) is 5.11. The van der Waals surface area contributed by atoms with Crippen molar-refractivity contribution in [1.29, 1.82) is 0 Å². The highest BCUT2D eigenvalue weighted by Crippen LogP contribution is 2.12. The van der Waals surface area contributed by atoms with Crippen LogP contribution in [0.2, 0.25) is 5.02 Å². The Morgan fingerprint density at radius 2 is 1.76 bits per heavy atom. The van der Waals surface area contributed by atoms with E-state index in [0.717, 1.165) is 5.82 Å². The summed E-state index contributed by atoms with van der Waals surface area (Å²) in [5.74, 6) is 0.722. The summed E-state index contributed by atoms with van der Waals surface area (Å²) in [5, 5.41) is 4.89. The molecular formula is C12H12ClN3O. The summed E-state index contributed by atoms with van der Waals surface area (Å²) < 4.78 is 1.35. The Bertz CT molecular complexity index is 575. The zero-order valence-electron chi connectivity index (χ0n) is 9.59. The van der Waals surface area contributed by atoms with Gasteiger partial charge in [-0.05, 0) is 30.3 Å². The maximum Gasteiger partial charge on any atom is 0.271 e. The highest BCUT2D eigenvalue weighted by molar-refractivity contribution is 6.30. The third-order valence-corrected chi connectivity index (χ3v) is 2.57. The van der Waals surface area contributed by atoms with E-state index in [9.17, 15) is 4.79 Å². The molecule has 0 aliphatic carbocycles. The smallest absolute Gasteiger partial charge is 0.271 e. The first-order chi connectivity index (χ1) is 8.08. The van der Waals surface area contributed by atoms with Crippen LogP contribution in [0, 0.1) is 0 Å². The van der Waals surface area contributed by atoms with Crippen LogP contribution >= 0.6 is 11.6 Å². The predicted molar refractivity (Wildman–Crippen MR) is 69.2 cm³/mol. The van der Waals surface area contributed by atoms with Crippen LogP contribution in [0.25, 0.3) is 5.69 Å². The van der Waals surface area contributed by atoms with Gasteiger partial charge in [-0.1, -0.05) is 11.6 Å². The van der Waals surface area contributed by atoms with Crippen LogP contribution in [0.3, 0.4) is 0 Å². The van der Waals surface area contributed by atoms with Gasteiger partial charge in [0.2, 0.25) is 0 Å². The molecule has 88 valence electrons. The van der Waals surface area contributed by atoms with Gasteiger partial charge in [-0.3, -0.25) is 4.79 Å². The van der Waals surface area contributed by atoms with Gasteiger partial charge in [0, 0.05) is 25.2 Å². The highest BCUT2D eigenvalue weighted by Gasteiger charge is 2.04. The number of hydrogen-bond donors (Lipinski definition) is 0. The van der Waals surface area contributed by atoms with E-state index in [0.29, 0.717) is 10.7 Å². The average Bonchev–Trinajstić information content (AvgIpc) is 2.31. The number of nitrogens with zero attached hydrogens (tertiary/aromatic N) is 3. The van der Waals surface area contributed by atoms with Gasteiger partial charge in [-0.25, -0.2) is 0 Å². The summed E-state index contributed by atoms with van der Waals surface area (Å²) in [4.78, 5) is 13.6. The normalized spacial score (nSPS) is 10.3. The predicted octanol–water partition coefficient (Wildman–Crippen LogP) is 1.95. The molecule has 1 aromatic heterocycles. The number of hydrogen-bond acceptors (Lipinski definition) is 3. The van der Waals surface area contributed by atoms with E-state index in [-0.39, 0.29) is 5.56 Å². The van der Waals surface area contributed by atoms with Crippen LogP contribution in [0.5, 0.6) is 0 Å². The van der Waals surface area contributed by atoms with E-state index in [2.05, 4.69) is 5.10 Å². The zero-order chi connectivity index (χ0) is 12.4. The van der Waals surface area contributed by atoms with Crippen molar-refractivity contribution in [3.63, 3.8) is 0 Å². The van der Waals surface area contributed by atoms with Crippen molar-refractivity contribution in [2.45, 2.75) is 0 Å². The molecule has 0 saturated carbocycles. The highest BCUT2D eigenvalue weighted by atomic mass is 35.5. The summed E-state index contributed by atoms with van der Waals surface area (Å²) in [6, 6.07) is 10.2. The van der Waals surface area contributed by atoms with Crippen LogP contribution in [0.15, 0.2) is 41.2 Å². The van der Waals surface area contributed by atoms with Gasteiger partial charge in [0.1, 0.15) is 5.82 Å². The Morgan fingerprint density at radius 1 is 1.12 bits per heavy atom. The molecule has 0 saturated heterocycles. The number of halogens is 1. The quantitative estimate of drug-likeness (QED) is 0.817. The second-order valence-electron chi connectivity index (χ2n) is 3.81. The fourth-order valence-corrected chi connectivity index (χ4v) is 1.53. The summed E-state index contributed by atoms with van der Waals surface area (Å²) in [5.41, 5.74) is 0.529. The molecule has 1 aromatic carbocycles. The lowest BCUT2D eigenvalue weighted by Crippen LogP contribution is -2.23. The second-order valence-corrected chi connectivity index (χ2v) is 4.25. The van der Waals surface area contributed by atoms with Crippen molar-refractivity contribution < 1.29 is 0 Å². The van der Waals surface area contributed by atoms with Gasteiger partial charge < -0.3 is 4.90 Å². The maximum absolute atomic E-state index is 11.7. The first kappa shape index (κ1) is 11.7. The first-order valence-corrected chi connectivity index (χ1v) is 5.49. The molecule has 0 N–H and O–H groups in total. The van der Waals surface area contributed by atoms with E-state index in [1.54, 1.807) is 30.3 Å². The average molecular weight is 250 g/mol. The molecule has 5 heteroatoms. The van der Waals surface area contributed by atoms with E-state index >= 15 is 0 Å². The molecule has 0 fully saturated rings. The lowest BCUT2D eigenvalue weighted by molar-refractivity contribution is 0.794. The van der Waals surface area contributed by atoms with Gasteiger partial charge in [-0.2, -0.15) is 4.68 Å². The van der Waals surface area contributed by atoms with Crippen molar-refractivity contribution in [1.82, 2.24) is 9.78 Å². The topological polar surface area (TPSA) is 38.1 Å². The third-order valence-electron chi connectivity index (χ3n) is 2.32. The molecule has 4 nitrogen and oxygen atoms in total. The molecule has 2 aromatic rings. The lowest BCUT2D eigenvalue weighted by Gasteiger charge is -2.12. The van der Waals surface area contributed by atoms with Crippen molar-refractivity contribution >= 4 is 17.4 Å². The molecule has 0 amide bonds. The minimum Gasteiger partial charge on any atom is -0.361 e. The second kappa shape index (κ2) is 4.59. The van der Waals surface area contributed by atoms with Crippen molar-refractivity contribution in [3.05, 3.63) is 51.8 Å². The van der Waals surface area contributed by atoms with Crippen molar-refractivity contribution in [2.75, 3.05) is 19.0 Å². The fourth-order valence-electron chi connectivity index (χ4n) is 1.41. The molecule has 0 aliphatic heterocycles. The minimum atomic E-state index is -0.169. The molecule has 17 heavy (non-hydrogen) atoms. The monoisotopic (exact) mass is 249 g/mol. The fraction of sp³-hybridized carbons (Fsp3) is 0.167. The Morgan fingerprint density at radius 3 is 2.35 bits per heavy atom. The molecule has 0 aliphatic rings. The van der Waals surface area contributed by atoms with Gasteiger partial charge in [0.05, 0.1) is 5.69 Å². The van der Waals surface area contributed by atoms with E-state index in [1.807, 2.05) is 19.0 Å². The number of rotatable bonds is 2. The van der Waals surface area contributed by atoms with Crippen LogP contribution in [-0.4, -0.2) is 23.9 Å². The number of benzene rings is 1. The summed E-state index contributed by atoms with van der Waals surface area (Å²) >= 11 is 5.80. The Kier molecular flexibility index (Phi) is 3.15. The number of aromatic nitrogens is 2. The lowest BCUT2D eigenvalue weighted by atomic mass is 10.3. The molecule has 2 rings (SSSR count). The van der Waals surface area contributed by atoms with Crippen LogP contribution < -0.4 is 10.5 Å². The maximum atomic E-state index is 11.7. The van der Waals surface area contributed by atoms with E-state index in [1.165, 1.54) is 10.7 Å². The molecule has 0 unspecified atom stereocenters. The molecule has 1 heterocycles. The molecule has 0 spiro atoms. The van der Waals surface area contributed by atoms with Gasteiger partial charge in [0.25, 0.3) is 5.56 Å². The standard InChI is InChI=1S/C12H12ClN3O/c1-15(2)11-7-8-12(17)16(14-11)10-5-3-9(13)4-6-10/h3-8H,1-2H3. The third kappa shape index (κ3) is 2.47. The SMILES string of the molecule is CN(C)c1ccc(=O)n(-c2ccc(Cl)cc2)n1. The summed E-state index contributed by atoms with van der Waals surface area (Å²) in [6.45, 7) is 0. The Labute approximate surface area is 104 Å². The Balaban J connectivity index is 2.54. The van der Waals surface area contributed by atoms with Crippen molar-refractivity contribution in [2.24, 2.45) is 0 Å². The molecule has 0 atom stereocenters. The molecule has 0 bridgehead atoms. The minimum absolute atomic E-state index is 0.169. The van der Waals surface area contributed by atoms with Crippen LogP contribution in [0.4, 0.5) is 5.82 Å². The van der Waals surface area contributed by atoms with Crippen LogP contribution in [0.1, 0.15) is 0 Å². The number of anilines is 1. The summed E-state index contributed by atoms with van der Waals surface area (Å²) in [7, 11) is 3.75. The Hall–Kier alpha value is -1.81. The van der Waals surface area contributed by atoms with Crippen molar-refractivity contribution in [3.8, 4) is 5.69 Å². The van der Waals surface area contributed by atoms with Gasteiger partial charge in [0.15, 0.2) is 0 Å². The van der Waals surface area contributed by atoms with Crippen LogP contribution in [-0.2, 0) is 0 Å². The van der Waals surface area contributed by atoms with Gasteiger partial charge >= 0.3 is 0 Å². The van der Waals surface area contributed by atoms with E-state index < -0.39 is 0 Å². The van der Waals surface area contributed by atoms with Gasteiger partial charge in [-0.15, -0.1) is 5.10 Å².